The number of rotatable bonds is 4. The minimum atomic E-state index is -0.289. The number of fused-ring (bicyclic) bond motifs is 4. The maximum Gasteiger partial charge on any atom is 0.260 e. The molecule has 0 saturated carbocycles. The average molecular weight is 471 g/mol. The molecular formula is C31H26N4O. The van der Waals surface area contributed by atoms with E-state index in [2.05, 4.69) is 76.0 Å². The summed E-state index contributed by atoms with van der Waals surface area (Å²) in [6.07, 6.45) is 0.395. The number of hydrogen-bond donors (Lipinski definition) is 2. The van der Waals surface area contributed by atoms with Crippen LogP contribution in [0.15, 0.2) is 115 Å². The van der Waals surface area contributed by atoms with Crippen LogP contribution in [0.1, 0.15) is 34.6 Å². The quantitative estimate of drug-likeness (QED) is 0.336. The fraction of sp³-hybridized carbons (Fsp3) is 0.129. The molecule has 2 aliphatic heterocycles. The fourth-order valence-corrected chi connectivity index (χ4v) is 5.93. The fourth-order valence-electron chi connectivity index (χ4n) is 5.93. The number of carbonyl (C=O) groups excluding carboxylic acids is 1. The van der Waals surface area contributed by atoms with Crippen molar-refractivity contribution in [3.8, 4) is 0 Å². The molecular weight excluding hydrogens is 444 g/mol. The Bertz CT molecular complexity index is 1530. The second kappa shape index (κ2) is 8.40. The number of aromatic amines is 1. The van der Waals surface area contributed by atoms with Crippen molar-refractivity contribution >= 4 is 22.5 Å². The first-order chi connectivity index (χ1) is 17.8. The second-order valence-corrected chi connectivity index (χ2v) is 9.51. The van der Waals surface area contributed by atoms with Crippen molar-refractivity contribution < 1.29 is 4.79 Å². The van der Waals surface area contributed by atoms with Crippen molar-refractivity contribution in [2.45, 2.75) is 24.7 Å². The van der Waals surface area contributed by atoms with Gasteiger partial charge in [-0.3, -0.25) is 15.1 Å². The highest BCUT2D eigenvalue weighted by molar-refractivity contribution is 5.90. The van der Waals surface area contributed by atoms with Gasteiger partial charge in [-0.1, -0.05) is 97.1 Å². The summed E-state index contributed by atoms with van der Waals surface area (Å²) in [5.74, 6) is 0.0876. The lowest BCUT2D eigenvalue weighted by molar-refractivity contribution is -0.129. The topological polar surface area (TPSA) is 51.4 Å². The monoisotopic (exact) mass is 470 g/mol. The van der Waals surface area contributed by atoms with Crippen molar-refractivity contribution in [2.75, 3.05) is 5.43 Å². The van der Waals surface area contributed by atoms with E-state index < -0.39 is 0 Å². The van der Waals surface area contributed by atoms with Gasteiger partial charge in [0.15, 0.2) is 0 Å². The number of hydrogen-bond acceptors (Lipinski definition) is 3. The maximum atomic E-state index is 14.2. The zero-order valence-electron chi connectivity index (χ0n) is 19.7. The summed E-state index contributed by atoms with van der Waals surface area (Å²) in [7, 11) is 0. The van der Waals surface area contributed by atoms with E-state index in [0.717, 1.165) is 16.8 Å². The molecule has 2 N–H and O–H groups in total. The molecule has 1 saturated heterocycles. The molecule has 1 fully saturated rings. The minimum Gasteiger partial charge on any atom is -0.357 e. The van der Waals surface area contributed by atoms with Gasteiger partial charge in [0.1, 0.15) is 6.17 Å². The predicted octanol–water partition coefficient (Wildman–Crippen LogP) is 6.05. The lowest BCUT2D eigenvalue weighted by atomic mass is 9.88. The van der Waals surface area contributed by atoms with Gasteiger partial charge >= 0.3 is 0 Å². The molecule has 0 spiro atoms. The Hall–Kier alpha value is -4.35. The van der Waals surface area contributed by atoms with E-state index in [1.54, 1.807) is 0 Å². The van der Waals surface area contributed by atoms with Crippen molar-refractivity contribution in [1.82, 2.24) is 14.9 Å². The number of anilines is 1. The second-order valence-electron chi connectivity index (χ2n) is 9.51. The van der Waals surface area contributed by atoms with Gasteiger partial charge in [0.25, 0.3) is 5.91 Å². The first kappa shape index (κ1) is 21.0. The standard InChI is InChI=1S/C31H26N4O/c36-31-27-20-25-24-18-10-11-19-26(24)32-28(25)29(21-12-4-1-5-13-21)34(27)30(22-14-6-2-7-15-22)35(31)33-23-16-8-3-9-17-23/h1-19,27,29-30,32-33H,20H2/t27-,29-,30-/m0/s1. The SMILES string of the molecule is O=C1[C@@H]2Cc3c([nH]c4ccccc34)[C@H](c3ccccc3)N2[C@H](c2ccccc2)N1Nc1ccccc1. The molecule has 1 aromatic heterocycles. The van der Waals surface area contributed by atoms with Crippen LogP contribution in [0.3, 0.4) is 0 Å². The molecule has 0 unspecified atom stereocenters. The minimum absolute atomic E-state index is 0.0876. The summed E-state index contributed by atoms with van der Waals surface area (Å²) >= 11 is 0. The van der Waals surface area contributed by atoms with Gasteiger partial charge in [-0.25, -0.2) is 5.01 Å². The van der Waals surface area contributed by atoms with E-state index >= 15 is 0 Å². The van der Waals surface area contributed by atoms with Gasteiger partial charge < -0.3 is 4.98 Å². The molecule has 7 rings (SSSR count). The third-order valence-corrected chi connectivity index (χ3v) is 7.46. The molecule has 5 aromatic rings. The number of para-hydroxylation sites is 2. The van der Waals surface area contributed by atoms with Gasteiger partial charge in [0, 0.05) is 16.6 Å². The normalized spacial score (nSPS) is 21.4. The molecule has 5 heteroatoms. The van der Waals surface area contributed by atoms with Crippen molar-refractivity contribution in [3.63, 3.8) is 0 Å². The molecule has 0 radical (unpaired) electrons. The van der Waals surface area contributed by atoms with Crippen LogP contribution in [-0.2, 0) is 11.2 Å². The molecule has 36 heavy (non-hydrogen) atoms. The molecule has 1 amide bonds. The van der Waals surface area contributed by atoms with E-state index in [9.17, 15) is 4.79 Å². The number of aromatic nitrogens is 1. The zero-order chi connectivity index (χ0) is 24.1. The molecule has 2 aliphatic rings. The van der Waals surface area contributed by atoms with E-state index in [-0.39, 0.29) is 24.2 Å². The Balaban J connectivity index is 1.44. The summed E-state index contributed by atoms with van der Waals surface area (Å²) in [5.41, 5.74) is 10.1. The largest absolute Gasteiger partial charge is 0.357 e. The van der Waals surface area contributed by atoms with Gasteiger partial charge in [-0.05, 0) is 41.3 Å². The van der Waals surface area contributed by atoms with Gasteiger partial charge in [-0.15, -0.1) is 0 Å². The molecule has 3 heterocycles. The summed E-state index contributed by atoms with van der Waals surface area (Å²) in [6.45, 7) is 0. The number of nitrogens with one attached hydrogen (secondary N) is 2. The van der Waals surface area contributed by atoms with Crippen LogP contribution >= 0.6 is 0 Å². The number of nitrogens with zero attached hydrogens (tertiary/aromatic N) is 2. The van der Waals surface area contributed by atoms with Crippen LogP contribution in [0.5, 0.6) is 0 Å². The predicted molar refractivity (Wildman–Crippen MR) is 142 cm³/mol. The lowest BCUT2D eigenvalue weighted by Crippen LogP contribution is -2.43. The van der Waals surface area contributed by atoms with Gasteiger partial charge in [-0.2, -0.15) is 0 Å². The average Bonchev–Trinajstić information content (AvgIpc) is 3.44. The molecule has 4 aromatic carbocycles. The van der Waals surface area contributed by atoms with Crippen LogP contribution in [0.4, 0.5) is 5.69 Å². The summed E-state index contributed by atoms with van der Waals surface area (Å²) in [4.78, 5) is 20.3. The highest BCUT2D eigenvalue weighted by Crippen LogP contribution is 2.49. The Morgan fingerprint density at radius 1 is 0.722 bits per heavy atom. The van der Waals surface area contributed by atoms with E-state index in [1.807, 2.05) is 59.6 Å². The van der Waals surface area contributed by atoms with E-state index in [4.69, 9.17) is 0 Å². The number of carbonyl (C=O) groups is 1. The smallest absolute Gasteiger partial charge is 0.260 e. The Morgan fingerprint density at radius 3 is 2.06 bits per heavy atom. The number of amides is 1. The lowest BCUT2D eigenvalue weighted by Gasteiger charge is -2.40. The number of benzene rings is 4. The van der Waals surface area contributed by atoms with E-state index in [1.165, 1.54) is 22.2 Å². The van der Waals surface area contributed by atoms with Gasteiger partial charge in [0.2, 0.25) is 0 Å². The van der Waals surface area contributed by atoms with Gasteiger partial charge in [0.05, 0.1) is 17.8 Å². The zero-order valence-corrected chi connectivity index (χ0v) is 19.7. The van der Waals surface area contributed by atoms with Crippen LogP contribution in [0.2, 0.25) is 0 Å². The van der Waals surface area contributed by atoms with Crippen LogP contribution in [0, 0.1) is 0 Å². The summed E-state index contributed by atoms with van der Waals surface area (Å²) in [6, 6.07) is 38.9. The summed E-state index contributed by atoms with van der Waals surface area (Å²) in [5, 5.41) is 3.03. The number of H-pyrrole nitrogens is 1. The van der Waals surface area contributed by atoms with E-state index in [0.29, 0.717) is 6.42 Å². The van der Waals surface area contributed by atoms with Crippen LogP contribution in [-0.4, -0.2) is 26.8 Å². The molecule has 0 aliphatic carbocycles. The molecule has 0 bridgehead atoms. The van der Waals surface area contributed by atoms with Crippen LogP contribution in [0.25, 0.3) is 10.9 Å². The third-order valence-electron chi connectivity index (χ3n) is 7.46. The van der Waals surface area contributed by atoms with Crippen LogP contribution < -0.4 is 5.43 Å². The first-order valence-electron chi connectivity index (χ1n) is 12.4. The first-order valence-corrected chi connectivity index (χ1v) is 12.4. The molecule has 5 nitrogen and oxygen atoms in total. The summed E-state index contributed by atoms with van der Waals surface area (Å²) < 4.78 is 0. The Kier molecular flexibility index (Phi) is 4.89. The third kappa shape index (κ3) is 3.24. The highest BCUT2D eigenvalue weighted by Gasteiger charge is 2.54. The Morgan fingerprint density at radius 2 is 1.33 bits per heavy atom. The van der Waals surface area contributed by atoms with Crippen molar-refractivity contribution in [3.05, 3.63) is 138 Å². The molecule has 176 valence electrons. The highest BCUT2D eigenvalue weighted by atomic mass is 16.2. The van der Waals surface area contributed by atoms with Crippen molar-refractivity contribution in [2.24, 2.45) is 0 Å². The maximum absolute atomic E-state index is 14.2. The number of hydrazine groups is 1. The molecule has 3 atom stereocenters. The van der Waals surface area contributed by atoms with Crippen molar-refractivity contribution in [1.29, 1.82) is 0 Å². The Labute approximate surface area is 210 Å².